The van der Waals surface area contributed by atoms with Crippen LogP contribution in [-0.4, -0.2) is 48.3 Å². The second-order valence-electron chi connectivity index (χ2n) is 4.88. The van der Waals surface area contributed by atoms with E-state index in [9.17, 15) is 9.59 Å². The normalized spacial score (nSPS) is 10.5. The van der Waals surface area contributed by atoms with Gasteiger partial charge in [-0.25, -0.2) is 9.48 Å². The molecule has 3 aromatic rings. The highest BCUT2D eigenvalue weighted by Gasteiger charge is 2.20. The van der Waals surface area contributed by atoms with Gasteiger partial charge in [-0.1, -0.05) is 4.49 Å². The van der Waals surface area contributed by atoms with E-state index >= 15 is 0 Å². The molecule has 3 rings (SSSR count). The van der Waals surface area contributed by atoms with Crippen LogP contribution < -0.4 is 5.32 Å². The Kier molecular flexibility index (Phi) is 4.75. The molecule has 0 aliphatic carbocycles. The van der Waals surface area contributed by atoms with Crippen LogP contribution in [0.15, 0.2) is 24.5 Å². The number of anilines is 1. The number of nitrogens with one attached hydrogen (secondary N) is 1. The fourth-order valence-electron chi connectivity index (χ4n) is 2.11. The first-order valence-electron chi connectivity index (χ1n) is 7.25. The van der Waals surface area contributed by atoms with Crippen molar-refractivity contribution in [1.82, 2.24) is 29.8 Å². The van der Waals surface area contributed by atoms with Gasteiger partial charge in [0.05, 0.1) is 12.3 Å². The lowest BCUT2D eigenvalue weighted by atomic mass is 10.1. The summed E-state index contributed by atoms with van der Waals surface area (Å²) in [7, 11) is 0. The Hall–Kier alpha value is -3.21. The molecule has 0 saturated heterocycles. The lowest BCUT2D eigenvalue weighted by molar-refractivity contribution is 0.0520. The van der Waals surface area contributed by atoms with Crippen LogP contribution in [0.5, 0.6) is 0 Å². The zero-order valence-electron chi connectivity index (χ0n) is 13.3. The molecule has 0 radical (unpaired) electrons. The third kappa shape index (κ3) is 3.50. The second-order valence-corrected chi connectivity index (χ2v) is 5.64. The highest BCUT2D eigenvalue weighted by Crippen LogP contribution is 2.21. The van der Waals surface area contributed by atoms with Gasteiger partial charge in [0.15, 0.2) is 5.00 Å². The van der Waals surface area contributed by atoms with Gasteiger partial charge in [-0.3, -0.25) is 4.79 Å². The van der Waals surface area contributed by atoms with Crippen LogP contribution in [-0.2, 0) is 4.74 Å². The number of hydrogen-bond donors (Lipinski definition) is 1. The molecule has 2 heterocycles. The number of benzene rings is 1. The van der Waals surface area contributed by atoms with Crippen LogP contribution in [0.4, 0.5) is 5.00 Å². The molecular formula is C14H13N7O3S. The van der Waals surface area contributed by atoms with E-state index in [4.69, 9.17) is 4.74 Å². The van der Waals surface area contributed by atoms with Crippen molar-refractivity contribution in [3.05, 3.63) is 41.3 Å². The minimum Gasteiger partial charge on any atom is -0.461 e. The standard InChI is InChI=1S/C14H13N7O3S/c1-3-24-14(23)11-13(25-20-17-11)16-12(22)9-4-5-10(8(2)6-9)21-7-15-18-19-21/h4-7H,3H2,1-2H3,(H,16,22). The predicted molar refractivity (Wildman–Crippen MR) is 87.7 cm³/mol. The number of aryl methyl sites for hydroxylation is 1. The van der Waals surface area contributed by atoms with Crippen molar-refractivity contribution in [2.75, 3.05) is 11.9 Å². The Morgan fingerprint density at radius 2 is 2.20 bits per heavy atom. The van der Waals surface area contributed by atoms with E-state index in [0.717, 1.165) is 22.8 Å². The van der Waals surface area contributed by atoms with Gasteiger partial charge in [0.1, 0.15) is 6.33 Å². The molecule has 11 heteroatoms. The Balaban J connectivity index is 1.80. The number of tetrazole rings is 1. The first kappa shape index (κ1) is 16.6. The number of carbonyl (C=O) groups excluding carboxylic acids is 2. The number of amides is 1. The lowest BCUT2D eigenvalue weighted by Crippen LogP contribution is -2.15. The van der Waals surface area contributed by atoms with E-state index in [0.29, 0.717) is 5.56 Å². The minimum atomic E-state index is -0.628. The van der Waals surface area contributed by atoms with E-state index in [1.807, 2.05) is 6.92 Å². The van der Waals surface area contributed by atoms with Crippen LogP contribution in [0, 0.1) is 6.92 Å². The van der Waals surface area contributed by atoms with Crippen molar-refractivity contribution >= 4 is 28.4 Å². The number of esters is 1. The molecule has 1 aromatic carbocycles. The Bertz CT molecular complexity index is 907. The van der Waals surface area contributed by atoms with E-state index in [1.165, 1.54) is 11.0 Å². The third-order valence-electron chi connectivity index (χ3n) is 3.24. The van der Waals surface area contributed by atoms with E-state index in [-0.39, 0.29) is 23.2 Å². The topological polar surface area (TPSA) is 125 Å². The van der Waals surface area contributed by atoms with E-state index in [1.54, 1.807) is 25.1 Å². The van der Waals surface area contributed by atoms with Crippen molar-refractivity contribution < 1.29 is 14.3 Å². The number of hydrogen-bond acceptors (Lipinski definition) is 9. The van der Waals surface area contributed by atoms with E-state index < -0.39 is 5.97 Å². The summed E-state index contributed by atoms with van der Waals surface area (Å²) >= 11 is 0.908. The summed E-state index contributed by atoms with van der Waals surface area (Å²) in [4.78, 5) is 24.2. The van der Waals surface area contributed by atoms with Crippen LogP contribution >= 0.6 is 11.5 Å². The Morgan fingerprint density at radius 1 is 1.36 bits per heavy atom. The summed E-state index contributed by atoms with van der Waals surface area (Å²) in [5, 5.41) is 17.6. The van der Waals surface area contributed by atoms with Gasteiger partial charge < -0.3 is 10.1 Å². The van der Waals surface area contributed by atoms with Crippen molar-refractivity contribution in [2.24, 2.45) is 0 Å². The Labute approximate surface area is 146 Å². The molecule has 10 nitrogen and oxygen atoms in total. The molecule has 128 valence electrons. The van der Waals surface area contributed by atoms with Gasteiger partial charge >= 0.3 is 5.97 Å². The molecule has 2 aromatic heterocycles. The number of carbonyl (C=O) groups is 2. The van der Waals surface area contributed by atoms with Crippen LogP contribution in [0.25, 0.3) is 5.69 Å². The fourth-order valence-corrected chi connectivity index (χ4v) is 2.66. The van der Waals surface area contributed by atoms with E-state index in [2.05, 4.69) is 30.4 Å². The number of aromatic nitrogens is 6. The SMILES string of the molecule is CCOC(=O)c1nnsc1NC(=O)c1ccc(-n2cnnn2)c(C)c1. The van der Waals surface area contributed by atoms with Gasteiger partial charge in [-0.15, -0.1) is 10.2 Å². The monoisotopic (exact) mass is 359 g/mol. The van der Waals surface area contributed by atoms with Crippen LogP contribution in [0.1, 0.15) is 33.3 Å². The highest BCUT2D eigenvalue weighted by atomic mass is 32.1. The molecule has 0 atom stereocenters. The molecule has 0 aliphatic heterocycles. The largest absolute Gasteiger partial charge is 0.461 e. The van der Waals surface area contributed by atoms with Crippen molar-refractivity contribution in [3.63, 3.8) is 0 Å². The second kappa shape index (κ2) is 7.13. The average molecular weight is 359 g/mol. The molecule has 0 aliphatic rings. The fraction of sp³-hybridized carbons (Fsp3) is 0.214. The number of nitrogens with zero attached hydrogens (tertiary/aromatic N) is 6. The third-order valence-corrected chi connectivity index (χ3v) is 3.88. The lowest BCUT2D eigenvalue weighted by Gasteiger charge is -2.08. The Morgan fingerprint density at radius 3 is 2.88 bits per heavy atom. The molecule has 0 fully saturated rings. The number of ether oxygens (including phenoxy) is 1. The van der Waals surface area contributed by atoms with Gasteiger partial charge in [-0.05, 0) is 48.0 Å². The van der Waals surface area contributed by atoms with Crippen LogP contribution in [0.3, 0.4) is 0 Å². The molecule has 0 unspecified atom stereocenters. The predicted octanol–water partition coefficient (Wildman–Crippen LogP) is 1.25. The smallest absolute Gasteiger partial charge is 0.362 e. The zero-order valence-corrected chi connectivity index (χ0v) is 14.1. The van der Waals surface area contributed by atoms with Gasteiger partial charge in [-0.2, -0.15) is 0 Å². The maximum atomic E-state index is 12.4. The quantitative estimate of drug-likeness (QED) is 0.675. The minimum absolute atomic E-state index is 0.0118. The highest BCUT2D eigenvalue weighted by molar-refractivity contribution is 7.10. The van der Waals surface area contributed by atoms with Crippen molar-refractivity contribution in [1.29, 1.82) is 0 Å². The summed E-state index contributed by atoms with van der Waals surface area (Å²) in [6.07, 6.45) is 1.47. The van der Waals surface area contributed by atoms with Crippen molar-refractivity contribution in [3.8, 4) is 5.69 Å². The van der Waals surface area contributed by atoms with Crippen molar-refractivity contribution in [2.45, 2.75) is 13.8 Å². The molecule has 25 heavy (non-hydrogen) atoms. The molecule has 0 spiro atoms. The molecular weight excluding hydrogens is 346 g/mol. The molecule has 1 N–H and O–H groups in total. The first-order valence-corrected chi connectivity index (χ1v) is 8.02. The zero-order chi connectivity index (χ0) is 17.8. The van der Waals surface area contributed by atoms with Gasteiger partial charge in [0, 0.05) is 17.1 Å². The number of rotatable bonds is 5. The maximum Gasteiger partial charge on any atom is 0.362 e. The molecule has 0 bridgehead atoms. The summed E-state index contributed by atoms with van der Waals surface area (Å²) in [5.41, 5.74) is 1.97. The van der Waals surface area contributed by atoms with Gasteiger partial charge in [0.25, 0.3) is 5.91 Å². The van der Waals surface area contributed by atoms with Gasteiger partial charge in [0.2, 0.25) is 5.69 Å². The summed E-state index contributed by atoms with van der Waals surface area (Å²) in [6.45, 7) is 3.73. The summed E-state index contributed by atoms with van der Waals surface area (Å²) < 4.78 is 10.1. The average Bonchev–Trinajstić information content (AvgIpc) is 3.26. The van der Waals surface area contributed by atoms with Crippen LogP contribution in [0.2, 0.25) is 0 Å². The first-order chi connectivity index (χ1) is 12.1. The maximum absolute atomic E-state index is 12.4. The molecule has 1 amide bonds. The molecule has 0 saturated carbocycles. The summed E-state index contributed by atoms with van der Waals surface area (Å²) in [6, 6.07) is 5.07. The summed E-state index contributed by atoms with van der Waals surface area (Å²) in [5.74, 6) is -1.01.